The number of hydrogen-bond donors (Lipinski definition) is 2. The van der Waals surface area contributed by atoms with Gasteiger partial charge in [-0.3, -0.25) is 9.59 Å². The zero-order valence-electron chi connectivity index (χ0n) is 18.2. The number of likely N-dealkylation sites (N-methyl/N-ethyl adjacent to an activating group) is 1. The van der Waals surface area contributed by atoms with Crippen LogP contribution in [0, 0.1) is 11.7 Å². The van der Waals surface area contributed by atoms with Crippen LogP contribution < -0.4 is 15.4 Å². The van der Waals surface area contributed by atoms with E-state index in [4.69, 9.17) is 4.74 Å². The molecule has 162 valence electrons. The molecule has 1 aliphatic rings. The third kappa shape index (κ3) is 6.99. The summed E-state index contributed by atoms with van der Waals surface area (Å²) in [7, 11) is 3.27. The quantitative estimate of drug-likeness (QED) is 0.729. The average Bonchev–Trinajstić information content (AvgIpc) is 2.69. The Bertz CT molecular complexity index is 710. The number of amides is 2. The summed E-state index contributed by atoms with van der Waals surface area (Å²) in [6.45, 7) is 6.97. The first-order chi connectivity index (χ1) is 13.6. The highest BCUT2D eigenvalue weighted by atomic mass is 19.1. The van der Waals surface area contributed by atoms with Crippen molar-refractivity contribution in [2.75, 3.05) is 27.2 Å². The predicted molar refractivity (Wildman–Crippen MR) is 112 cm³/mol. The zero-order valence-corrected chi connectivity index (χ0v) is 18.2. The molecule has 1 aromatic rings. The zero-order chi connectivity index (χ0) is 21.6. The van der Waals surface area contributed by atoms with Crippen molar-refractivity contribution in [3.8, 4) is 5.75 Å². The smallest absolute Gasteiger partial charge is 0.251 e. The first-order valence-corrected chi connectivity index (χ1v) is 10.2. The van der Waals surface area contributed by atoms with E-state index >= 15 is 0 Å². The van der Waals surface area contributed by atoms with Crippen molar-refractivity contribution in [2.45, 2.75) is 58.0 Å². The summed E-state index contributed by atoms with van der Waals surface area (Å²) >= 11 is 0. The number of hydrogen-bond acceptors (Lipinski definition) is 4. The van der Waals surface area contributed by atoms with Gasteiger partial charge in [0.2, 0.25) is 5.91 Å². The highest BCUT2D eigenvalue weighted by molar-refractivity contribution is 5.94. The molecular formula is C22H34FN3O3. The van der Waals surface area contributed by atoms with E-state index in [1.54, 1.807) is 4.90 Å². The third-order valence-corrected chi connectivity index (χ3v) is 5.69. The fourth-order valence-electron chi connectivity index (χ4n) is 3.45. The predicted octanol–water partition coefficient (Wildman–Crippen LogP) is 2.97. The van der Waals surface area contributed by atoms with Gasteiger partial charge in [0.1, 0.15) is 11.6 Å². The van der Waals surface area contributed by atoms with Crippen molar-refractivity contribution in [1.82, 2.24) is 15.5 Å². The first-order valence-electron chi connectivity index (χ1n) is 10.2. The Morgan fingerprint density at radius 3 is 2.41 bits per heavy atom. The van der Waals surface area contributed by atoms with Crippen LogP contribution >= 0.6 is 0 Å². The van der Waals surface area contributed by atoms with Crippen molar-refractivity contribution in [3.63, 3.8) is 0 Å². The minimum atomic E-state index is -0.493. The van der Waals surface area contributed by atoms with E-state index in [0.717, 1.165) is 25.7 Å². The lowest BCUT2D eigenvalue weighted by molar-refractivity contribution is -0.133. The normalized spacial score (nSPS) is 19.5. The summed E-state index contributed by atoms with van der Waals surface area (Å²) in [6.07, 6.45) is 3.91. The van der Waals surface area contributed by atoms with Crippen LogP contribution in [0.5, 0.6) is 5.75 Å². The van der Waals surface area contributed by atoms with Gasteiger partial charge in [0.05, 0.1) is 13.7 Å². The van der Waals surface area contributed by atoms with Gasteiger partial charge in [-0.1, -0.05) is 0 Å². The Balaban J connectivity index is 1.73. The molecule has 0 spiro atoms. The van der Waals surface area contributed by atoms with Crippen molar-refractivity contribution >= 4 is 11.8 Å². The number of rotatable bonds is 7. The molecule has 1 saturated carbocycles. The molecule has 0 radical (unpaired) electrons. The number of benzene rings is 1. The number of halogens is 1. The molecule has 0 saturated heterocycles. The minimum absolute atomic E-state index is 0.0948. The lowest BCUT2D eigenvalue weighted by Crippen LogP contribution is -2.48. The summed E-state index contributed by atoms with van der Waals surface area (Å²) in [5.74, 6) is 0.0257. The van der Waals surface area contributed by atoms with Gasteiger partial charge < -0.3 is 20.3 Å². The van der Waals surface area contributed by atoms with Gasteiger partial charge in [-0.2, -0.15) is 0 Å². The van der Waals surface area contributed by atoms with Gasteiger partial charge in [0.15, 0.2) is 0 Å². The number of methoxy groups -OCH3 is 1. The van der Waals surface area contributed by atoms with Gasteiger partial charge in [-0.05, 0) is 64.5 Å². The molecule has 2 amide bonds. The Hall–Kier alpha value is -2.15. The standard InChI is InChI=1S/C22H34FN3O3/c1-22(2,3)26(4)20(27)14-24-18-8-6-15(7-9-18)13-25-21(28)16-10-17(23)12-19(11-16)29-5/h10-12,15,18,24H,6-9,13-14H2,1-5H3,(H,25,28). The molecule has 6 nitrogen and oxygen atoms in total. The summed E-state index contributed by atoms with van der Waals surface area (Å²) in [5.41, 5.74) is 0.0824. The number of carbonyl (C=O) groups is 2. The average molecular weight is 408 g/mol. The van der Waals surface area contributed by atoms with Gasteiger partial charge in [0, 0.05) is 36.8 Å². The molecule has 1 aromatic carbocycles. The summed E-state index contributed by atoms with van der Waals surface area (Å²) in [6, 6.07) is 4.32. The SMILES string of the molecule is COc1cc(F)cc(C(=O)NCC2CCC(NCC(=O)N(C)C(C)(C)C)CC2)c1. The molecule has 2 N–H and O–H groups in total. The van der Waals surface area contributed by atoms with Gasteiger partial charge >= 0.3 is 0 Å². The maximum absolute atomic E-state index is 13.6. The maximum atomic E-state index is 13.6. The molecular weight excluding hydrogens is 373 g/mol. The fourth-order valence-corrected chi connectivity index (χ4v) is 3.45. The molecule has 0 aliphatic heterocycles. The van der Waals surface area contributed by atoms with Crippen molar-refractivity contribution in [3.05, 3.63) is 29.6 Å². The summed E-state index contributed by atoms with van der Waals surface area (Å²) in [5, 5.41) is 6.27. The fraction of sp³-hybridized carbons (Fsp3) is 0.636. The second-order valence-electron chi connectivity index (χ2n) is 8.81. The molecule has 29 heavy (non-hydrogen) atoms. The molecule has 0 unspecified atom stereocenters. The van der Waals surface area contributed by atoms with Gasteiger partial charge in [-0.25, -0.2) is 4.39 Å². The molecule has 0 heterocycles. The van der Waals surface area contributed by atoms with Crippen LogP contribution in [-0.2, 0) is 4.79 Å². The van der Waals surface area contributed by atoms with Crippen LogP contribution in [0.15, 0.2) is 18.2 Å². The van der Waals surface area contributed by atoms with Crippen molar-refractivity contribution < 1.29 is 18.7 Å². The summed E-state index contributed by atoms with van der Waals surface area (Å²) < 4.78 is 18.6. The topological polar surface area (TPSA) is 70.7 Å². The highest BCUT2D eigenvalue weighted by Crippen LogP contribution is 2.24. The molecule has 0 bridgehead atoms. The van der Waals surface area contributed by atoms with E-state index in [-0.39, 0.29) is 22.9 Å². The van der Waals surface area contributed by atoms with Gasteiger partial charge in [-0.15, -0.1) is 0 Å². The van der Waals surface area contributed by atoms with E-state index in [1.165, 1.54) is 25.3 Å². The molecule has 1 fully saturated rings. The van der Waals surface area contributed by atoms with E-state index in [0.29, 0.717) is 30.8 Å². The number of nitrogens with one attached hydrogen (secondary N) is 2. The largest absolute Gasteiger partial charge is 0.497 e. The Morgan fingerprint density at radius 2 is 1.83 bits per heavy atom. The highest BCUT2D eigenvalue weighted by Gasteiger charge is 2.25. The van der Waals surface area contributed by atoms with Crippen LogP contribution in [0.4, 0.5) is 4.39 Å². The number of ether oxygens (including phenoxy) is 1. The Kier molecular flexibility index (Phi) is 8.02. The van der Waals surface area contributed by atoms with Crippen LogP contribution in [0.3, 0.4) is 0 Å². The first kappa shape index (κ1) is 23.1. The number of carbonyl (C=O) groups excluding carboxylic acids is 2. The van der Waals surface area contributed by atoms with Crippen LogP contribution in [0.25, 0.3) is 0 Å². The monoisotopic (exact) mass is 407 g/mol. The van der Waals surface area contributed by atoms with Gasteiger partial charge in [0.25, 0.3) is 5.91 Å². The molecule has 0 atom stereocenters. The minimum Gasteiger partial charge on any atom is -0.497 e. The second-order valence-corrected chi connectivity index (χ2v) is 8.81. The summed E-state index contributed by atoms with van der Waals surface area (Å²) in [4.78, 5) is 26.3. The van der Waals surface area contributed by atoms with Crippen LogP contribution in [0.1, 0.15) is 56.8 Å². The Morgan fingerprint density at radius 1 is 1.17 bits per heavy atom. The van der Waals surface area contributed by atoms with E-state index in [2.05, 4.69) is 10.6 Å². The van der Waals surface area contributed by atoms with E-state index in [9.17, 15) is 14.0 Å². The Labute approximate surface area is 173 Å². The van der Waals surface area contributed by atoms with E-state index in [1.807, 2.05) is 27.8 Å². The van der Waals surface area contributed by atoms with Crippen LogP contribution in [-0.4, -0.2) is 55.5 Å². The van der Waals surface area contributed by atoms with Crippen molar-refractivity contribution in [2.24, 2.45) is 5.92 Å². The molecule has 2 rings (SSSR count). The lowest BCUT2D eigenvalue weighted by Gasteiger charge is -2.33. The van der Waals surface area contributed by atoms with Crippen molar-refractivity contribution in [1.29, 1.82) is 0 Å². The molecule has 1 aliphatic carbocycles. The number of nitrogens with zero attached hydrogens (tertiary/aromatic N) is 1. The lowest BCUT2D eigenvalue weighted by atomic mass is 9.86. The van der Waals surface area contributed by atoms with E-state index < -0.39 is 5.82 Å². The second kappa shape index (κ2) is 10.1. The maximum Gasteiger partial charge on any atom is 0.251 e. The van der Waals surface area contributed by atoms with Crippen LogP contribution in [0.2, 0.25) is 0 Å². The molecule has 7 heteroatoms. The third-order valence-electron chi connectivity index (χ3n) is 5.69. The molecule has 0 aromatic heterocycles.